The highest BCUT2D eigenvalue weighted by molar-refractivity contribution is 6.36. The van der Waals surface area contributed by atoms with Crippen LogP contribution in [0.5, 0.6) is 0 Å². The summed E-state index contributed by atoms with van der Waals surface area (Å²) in [6.07, 6.45) is 3.19. The molecule has 0 atom stereocenters. The maximum absolute atomic E-state index is 10.8. The third-order valence-corrected chi connectivity index (χ3v) is 2.18. The predicted molar refractivity (Wildman–Crippen MR) is 56.6 cm³/mol. The van der Waals surface area contributed by atoms with Gasteiger partial charge in [0.05, 0.1) is 10.3 Å². The predicted octanol–water partition coefficient (Wildman–Crippen LogP) is 0.401. The Hall–Kier alpha value is -1.91. The Bertz CT molecular complexity index is 513. The molecule has 0 aliphatic heterocycles. The molecule has 0 bridgehead atoms. The summed E-state index contributed by atoms with van der Waals surface area (Å²) in [5.74, 6) is 0. The van der Waals surface area contributed by atoms with Crippen LogP contribution in [-0.2, 0) is 0 Å². The minimum Gasteiger partial charge on any atom is -0.264 e. The summed E-state index contributed by atoms with van der Waals surface area (Å²) in [7, 11) is 1.73. The van der Waals surface area contributed by atoms with Gasteiger partial charge in [-0.1, -0.05) is 12.1 Å². The first-order valence-electron chi connectivity index (χ1n) is 4.18. The molecule has 0 N–H and O–H groups in total. The molecule has 1 aromatic carbocycles. The number of rotatable bonds is 1. The van der Waals surface area contributed by atoms with Crippen LogP contribution in [0.25, 0.3) is 10.8 Å². The number of aromatic nitrogens is 1. The molecular weight excluding hydrogens is 179 g/mol. The molecule has 0 spiro atoms. The Morgan fingerprint density at radius 3 is 2.86 bits per heavy atom. The van der Waals surface area contributed by atoms with E-state index in [0.29, 0.717) is 10.8 Å². The molecule has 0 saturated carbocycles. The van der Waals surface area contributed by atoms with Gasteiger partial charge < -0.3 is 0 Å². The quantitative estimate of drug-likeness (QED) is 0.368. The normalized spacial score (nSPS) is 10.3. The van der Waals surface area contributed by atoms with Crippen LogP contribution in [0.4, 0.5) is 5.69 Å². The molecule has 0 amide bonds. The Labute approximate surface area is 81.1 Å². The third-order valence-electron chi connectivity index (χ3n) is 2.18. The van der Waals surface area contributed by atoms with Crippen molar-refractivity contribution < 1.29 is 4.92 Å². The van der Waals surface area contributed by atoms with Gasteiger partial charge in [0.1, 0.15) is 7.85 Å². The molecule has 0 aliphatic carbocycles. The topological polar surface area (TPSA) is 56.0 Å². The van der Waals surface area contributed by atoms with Crippen LogP contribution in [-0.4, -0.2) is 17.8 Å². The van der Waals surface area contributed by atoms with E-state index in [4.69, 9.17) is 0 Å². The van der Waals surface area contributed by atoms with E-state index in [1.54, 1.807) is 32.4 Å². The van der Waals surface area contributed by atoms with Crippen molar-refractivity contribution in [3.05, 3.63) is 40.7 Å². The number of hydrogen-bond acceptors (Lipinski definition) is 3. The second kappa shape index (κ2) is 3.10. The minimum absolute atomic E-state index is 0.171. The van der Waals surface area contributed by atoms with Crippen LogP contribution in [0.1, 0.15) is 0 Å². The van der Waals surface area contributed by atoms with E-state index in [1.165, 1.54) is 0 Å². The monoisotopic (exact) mass is 186 g/mol. The van der Waals surface area contributed by atoms with Gasteiger partial charge in [-0.05, 0) is 11.5 Å². The highest BCUT2D eigenvalue weighted by Gasteiger charge is 2.14. The van der Waals surface area contributed by atoms with Gasteiger partial charge in [0, 0.05) is 17.8 Å². The van der Waals surface area contributed by atoms with E-state index < -0.39 is 0 Å². The number of hydrogen-bond donors (Lipinski definition) is 0. The summed E-state index contributed by atoms with van der Waals surface area (Å²) >= 11 is 0. The summed E-state index contributed by atoms with van der Waals surface area (Å²) in [5, 5.41) is 12.3. The molecule has 2 aromatic rings. The molecule has 4 nitrogen and oxygen atoms in total. The van der Waals surface area contributed by atoms with E-state index in [0.717, 1.165) is 5.39 Å². The molecule has 0 unspecified atom stereocenters. The van der Waals surface area contributed by atoms with Crippen molar-refractivity contribution in [3.8, 4) is 0 Å². The van der Waals surface area contributed by atoms with Gasteiger partial charge in [-0.25, -0.2) is 0 Å². The van der Waals surface area contributed by atoms with E-state index in [1.807, 2.05) is 6.07 Å². The van der Waals surface area contributed by atoms with Crippen LogP contribution in [0, 0.1) is 10.1 Å². The number of nitrogens with zero attached hydrogens (tertiary/aromatic N) is 2. The summed E-state index contributed by atoms with van der Waals surface area (Å²) in [5.41, 5.74) is 0.846. The molecule has 1 heterocycles. The smallest absolute Gasteiger partial charge is 0.264 e. The molecule has 68 valence electrons. The van der Waals surface area contributed by atoms with E-state index in [2.05, 4.69) is 4.98 Å². The fourth-order valence-electron chi connectivity index (χ4n) is 1.50. The van der Waals surface area contributed by atoms with Crippen molar-refractivity contribution in [1.82, 2.24) is 4.98 Å². The number of benzene rings is 1. The standard InChI is InChI=1S/C9H7BN2O2/c10-8-2-1-6-5-11-4-3-7(6)9(8)12(13)14/h1-5H,10H2. The average Bonchev–Trinajstić information content (AvgIpc) is 2.17. The van der Waals surface area contributed by atoms with Crippen molar-refractivity contribution in [1.29, 1.82) is 0 Å². The molecule has 0 radical (unpaired) electrons. The SMILES string of the molecule is Bc1ccc2cnccc2c1[N+](=O)[O-]. The lowest BCUT2D eigenvalue weighted by atomic mass is 9.91. The van der Waals surface area contributed by atoms with Gasteiger partial charge in [0.15, 0.2) is 0 Å². The minimum atomic E-state index is -0.350. The van der Waals surface area contributed by atoms with Crippen LogP contribution in [0.15, 0.2) is 30.6 Å². The van der Waals surface area contributed by atoms with E-state index in [-0.39, 0.29) is 10.6 Å². The first-order valence-corrected chi connectivity index (χ1v) is 4.18. The first-order chi connectivity index (χ1) is 6.70. The lowest BCUT2D eigenvalue weighted by molar-refractivity contribution is -0.381. The number of fused-ring (bicyclic) bond motifs is 1. The average molecular weight is 186 g/mol. The summed E-state index contributed by atoms with van der Waals surface area (Å²) < 4.78 is 0. The van der Waals surface area contributed by atoms with Gasteiger partial charge in [0.25, 0.3) is 5.69 Å². The van der Waals surface area contributed by atoms with Crippen LogP contribution in [0.3, 0.4) is 0 Å². The second-order valence-electron chi connectivity index (χ2n) is 3.08. The van der Waals surface area contributed by atoms with Crippen LogP contribution < -0.4 is 5.46 Å². The molecule has 0 fully saturated rings. The van der Waals surface area contributed by atoms with Gasteiger partial charge in [0.2, 0.25) is 0 Å². The zero-order valence-corrected chi connectivity index (χ0v) is 7.60. The second-order valence-corrected chi connectivity index (χ2v) is 3.08. The molecule has 0 aliphatic rings. The van der Waals surface area contributed by atoms with Crippen LogP contribution >= 0.6 is 0 Å². The number of nitro benzene ring substituents is 1. The van der Waals surface area contributed by atoms with Crippen molar-refractivity contribution >= 4 is 29.8 Å². The van der Waals surface area contributed by atoms with Crippen molar-refractivity contribution in [2.45, 2.75) is 0 Å². The molecule has 0 saturated heterocycles. The van der Waals surface area contributed by atoms with E-state index >= 15 is 0 Å². The van der Waals surface area contributed by atoms with Crippen molar-refractivity contribution in [3.63, 3.8) is 0 Å². The molecule has 14 heavy (non-hydrogen) atoms. The Balaban J connectivity index is 2.90. The Morgan fingerprint density at radius 1 is 1.36 bits per heavy atom. The molecule has 2 rings (SSSR count). The lowest BCUT2D eigenvalue weighted by Crippen LogP contribution is -2.09. The molecule has 5 heteroatoms. The number of pyridine rings is 1. The van der Waals surface area contributed by atoms with E-state index in [9.17, 15) is 10.1 Å². The largest absolute Gasteiger partial charge is 0.270 e. The lowest BCUT2D eigenvalue weighted by Gasteiger charge is -2.01. The van der Waals surface area contributed by atoms with Gasteiger partial charge in [-0.3, -0.25) is 15.1 Å². The number of nitro groups is 1. The third kappa shape index (κ3) is 1.23. The van der Waals surface area contributed by atoms with Crippen molar-refractivity contribution in [2.75, 3.05) is 0 Å². The summed E-state index contributed by atoms with van der Waals surface area (Å²) in [4.78, 5) is 14.4. The van der Waals surface area contributed by atoms with Gasteiger partial charge in [-0.2, -0.15) is 0 Å². The van der Waals surface area contributed by atoms with Crippen molar-refractivity contribution in [2.24, 2.45) is 0 Å². The fourth-order valence-corrected chi connectivity index (χ4v) is 1.50. The molecule has 1 aromatic heterocycles. The van der Waals surface area contributed by atoms with Gasteiger partial charge in [-0.15, -0.1) is 0 Å². The Morgan fingerprint density at radius 2 is 2.14 bits per heavy atom. The first kappa shape index (κ1) is 8.68. The zero-order chi connectivity index (χ0) is 10.1. The fraction of sp³-hybridized carbons (Fsp3) is 0. The summed E-state index contributed by atoms with van der Waals surface area (Å²) in [6.45, 7) is 0. The maximum atomic E-state index is 10.8. The van der Waals surface area contributed by atoms with Gasteiger partial charge >= 0.3 is 0 Å². The highest BCUT2D eigenvalue weighted by Crippen LogP contribution is 2.21. The maximum Gasteiger partial charge on any atom is 0.270 e. The molecular formula is C9H7BN2O2. The zero-order valence-electron chi connectivity index (χ0n) is 7.60. The highest BCUT2D eigenvalue weighted by atomic mass is 16.6. The summed E-state index contributed by atoms with van der Waals surface area (Å²) in [6, 6.07) is 5.24. The van der Waals surface area contributed by atoms with Crippen LogP contribution in [0.2, 0.25) is 0 Å². The Kier molecular flexibility index (Phi) is 1.92.